The van der Waals surface area contributed by atoms with E-state index in [9.17, 15) is 0 Å². The second-order valence-corrected chi connectivity index (χ2v) is 6.69. The smallest absolute Gasteiger partial charge is 0.187 e. The zero-order chi connectivity index (χ0) is 14.7. The van der Waals surface area contributed by atoms with Gasteiger partial charge in [-0.1, -0.05) is 25.0 Å². The van der Waals surface area contributed by atoms with Gasteiger partial charge < -0.3 is 5.32 Å². The number of rotatable bonds is 3. The van der Waals surface area contributed by atoms with Gasteiger partial charge in [0.25, 0.3) is 0 Å². The van der Waals surface area contributed by atoms with E-state index in [1.807, 2.05) is 25.1 Å². The van der Waals surface area contributed by atoms with E-state index in [4.69, 9.17) is 12.2 Å². The Labute approximate surface area is 133 Å². The minimum absolute atomic E-state index is 0.503. The summed E-state index contributed by atoms with van der Waals surface area (Å²) >= 11 is 6.92. The molecule has 1 aromatic heterocycles. The first-order chi connectivity index (χ1) is 10.2. The minimum Gasteiger partial charge on any atom is -0.359 e. The van der Waals surface area contributed by atoms with E-state index in [1.165, 1.54) is 30.4 Å². The van der Waals surface area contributed by atoms with Gasteiger partial charge in [-0.3, -0.25) is 5.43 Å². The van der Waals surface area contributed by atoms with Crippen molar-refractivity contribution >= 4 is 44.6 Å². The van der Waals surface area contributed by atoms with Crippen molar-refractivity contribution in [2.75, 3.05) is 0 Å². The molecule has 0 unspecified atom stereocenters. The van der Waals surface area contributed by atoms with Crippen LogP contribution < -0.4 is 10.7 Å². The number of thiocarbonyl (C=S) groups is 1. The van der Waals surface area contributed by atoms with Crippen LogP contribution in [-0.2, 0) is 0 Å². The molecule has 0 bridgehead atoms. The van der Waals surface area contributed by atoms with E-state index >= 15 is 0 Å². The van der Waals surface area contributed by atoms with Crippen molar-refractivity contribution in [1.82, 2.24) is 15.7 Å². The van der Waals surface area contributed by atoms with E-state index in [2.05, 4.69) is 26.9 Å². The van der Waals surface area contributed by atoms with Crippen molar-refractivity contribution in [3.05, 3.63) is 29.3 Å². The van der Waals surface area contributed by atoms with Gasteiger partial charge in [-0.2, -0.15) is 5.10 Å². The molecular formula is C15H18N4S2. The van der Waals surface area contributed by atoms with Gasteiger partial charge in [0.2, 0.25) is 0 Å². The Hall–Kier alpha value is -1.53. The molecule has 0 spiro atoms. The van der Waals surface area contributed by atoms with Gasteiger partial charge in [0.15, 0.2) is 5.11 Å². The number of nitrogens with one attached hydrogen (secondary N) is 2. The van der Waals surface area contributed by atoms with Gasteiger partial charge in [0, 0.05) is 6.04 Å². The third-order valence-electron chi connectivity index (χ3n) is 3.62. The molecule has 2 N–H and O–H groups in total. The number of fused-ring (bicyclic) bond motifs is 1. The molecule has 2 aromatic rings. The highest BCUT2D eigenvalue weighted by Gasteiger charge is 2.15. The fourth-order valence-electron chi connectivity index (χ4n) is 2.50. The maximum absolute atomic E-state index is 5.28. The van der Waals surface area contributed by atoms with Gasteiger partial charge in [0.05, 0.1) is 15.9 Å². The van der Waals surface area contributed by atoms with Gasteiger partial charge >= 0.3 is 0 Å². The number of aromatic nitrogens is 1. The molecule has 0 amide bonds. The van der Waals surface area contributed by atoms with Crippen LogP contribution in [0.2, 0.25) is 0 Å². The van der Waals surface area contributed by atoms with Crippen LogP contribution in [0.3, 0.4) is 0 Å². The number of hydrogen-bond donors (Lipinski definition) is 2. The monoisotopic (exact) mass is 318 g/mol. The summed E-state index contributed by atoms with van der Waals surface area (Å²) in [6.07, 6.45) is 4.97. The maximum Gasteiger partial charge on any atom is 0.187 e. The summed E-state index contributed by atoms with van der Waals surface area (Å²) in [5, 5.41) is 9.17. The van der Waals surface area contributed by atoms with Crippen molar-refractivity contribution in [1.29, 1.82) is 0 Å². The largest absolute Gasteiger partial charge is 0.359 e. The first-order valence-corrected chi connectivity index (χ1v) is 8.41. The lowest BCUT2D eigenvalue weighted by atomic mass is 10.3. The number of benzene rings is 1. The molecule has 1 aliphatic carbocycles. The topological polar surface area (TPSA) is 49.3 Å². The van der Waals surface area contributed by atoms with Gasteiger partial charge in [-0.15, -0.1) is 11.3 Å². The van der Waals surface area contributed by atoms with Crippen LogP contribution in [-0.4, -0.2) is 21.8 Å². The summed E-state index contributed by atoms with van der Waals surface area (Å²) in [6.45, 7) is 1.95. The predicted molar refractivity (Wildman–Crippen MR) is 93.0 cm³/mol. The van der Waals surface area contributed by atoms with E-state index in [0.717, 1.165) is 16.2 Å². The Kier molecular flexibility index (Phi) is 4.45. The summed E-state index contributed by atoms with van der Waals surface area (Å²) in [6, 6.07) is 8.61. The van der Waals surface area contributed by atoms with Gasteiger partial charge in [0.1, 0.15) is 5.01 Å². The molecule has 1 fully saturated rings. The highest BCUT2D eigenvalue weighted by atomic mass is 32.1. The van der Waals surface area contributed by atoms with Crippen molar-refractivity contribution < 1.29 is 0 Å². The first-order valence-electron chi connectivity index (χ1n) is 7.19. The SMILES string of the molecule is C/C(=N/NC(=S)NC1CCCC1)c1nc2ccccc2s1. The molecule has 1 aromatic carbocycles. The standard InChI is InChI=1S/C15H18N4S2/c1-10(14-17-12-8-4-5-9-13(12)21-14)18-19-15(20)16-11-6-2-3-7-11/h4-5,8-9,11H,2-3,6-7H2,1H3,(H2,16,19,20)/b18-10-. The lowest BCUT2D eigenvalue weighted by Crippen LogP contribution is -2.38. The molecule has 110 valence electrons. The van der Waals surface area contributed by atoms with Crippen molar-refractivity contribution in [3.8, 4) is 0 Å². The number of hydrazone groups is 1. The Bertz CT molecular complexity index is 638. The summed E-state index contributed by atoms with van der Waals surface area (Å²) in [7, 11) is 0. The second-order valence-electron chi connectivity index (χ2n) is 5.25. The molecule has 1 aliphatic rings. The molecule has 0 radical (unpaired) electrons. The summed E-state index contributed by atoms with van der Waals surface area (Å²) in [5.41, 5.74) is 4.79. The highest BCUT2D eigenvalue weighted by Crippen LogP contribution is 2.22. The quantitative estimate of drug-likeness (QED) is 0.517. The minimum atomic E-state index is 0.503. The summed E-state index contributed by atoms with van der Waals surface area (Å²) < 4.78 is 1.17. The van der Waals surface area contributed by atoms with Gasteiger partial charge in [-0.05, 0) is 44.1 Å². The van der Waals surface area contributed by atoms with E-state index in [1.54, 1.807) is 11.3 Å². The molecular weight excluding hydrogens is 300 g/mol. The Balaban J connectivity index is 1.63. The van der Waals surface area contributed by atoms with Gasteiger partial charge in [-0.25, -0.2) is 4.98 Å². The molecule has 6 heteroatoms. The zero-order valence-corrected chi connectivity index (χ0v) is 13.6. The lowest BCUT2D eigenvalue weighted by Gasteiger charge is -2.13. The Morgan fingerprint density at radius 2 is 2.10 bits per heavy atom. The van der Waals surface area contributed by atoms with E-state index in [0.29, 0.717) is 11.2 Å². The van der Waals surface area contributed by atoms with Crippen LogP contribution in [0, 0.1) is 0 Å². The van der Waals surface area contributed by atoms with Crippen LogP contribution in [0.25, 0.3) is 10.2 Å². The number of para-hydroxylation sites is 1. The first kappa shape index (κ1) is 14.4. The summed E-state index contributed by atoms with van der Waals surface area (Å²) in [5.74, 6) is 0. The van der Waals surface area contributed by atoms with Crippen LogP contribution in [0.1, 0.15) is 37.6 Å². The molecule has 1 saturated carbocycles. The van der Waals surface area contributed by atoms with Crippen molar-refractivity contribution in [3.63, 3.8) is 0 Å². The summed E-state index contributed by atoms with van der Waals surface area (Å²) in [4.78, 5) is 4.58. The fraction of sp³-hybridized carbons (Fsp3) is 0.400. The Morgan fingerprint density at radius 3 is 2.86 bits per heavy atom. The van der Waals surface area contributed by atoms with E-state index < -0.39 is 0 Å². The van der Waals surface area contributed by atoms with Crippen LogP contribution in [0.5, 0.6) is 0 Å². The third kappa shape index (κ3) is 3.57. The maximum atomic E-state index is 5.28. The average Bonchev–Trinajstić information content (AvgIpc) is 3.13. The Morgan fingerprint density at radius 1 is 1.33 bits per heavy atom. The van der Waals surface area contributed by atoms with Crippen LogP contribution in [0.4, 0.5) is 0 Å². The molecule has 0 atom stereocenters. The van der Waals surface area contributed by atoms with E-state index in [-0.39, 0.29) is 0 Å². The lowest BCUT2D eigenvalue weighted by molar-refractivity contribution is 0.624. The molecule has 3 rings (SSSR count). The van der Waals surface area contributed by atoms with Crippen molar-refractivity contribution in [2.45, 2.75) is 38.6 Å². The average molecular weight is 318 g/mol. The molecule has 21 heavy (non-hydrogen) atoms. The molecule has 0 saturated heterocycles. The van der Waals surface area contributed by atoms with Crippen LogP contribution >= 0.6 is 23.6 Å². The molecule has 0 aliphatic heterocycles. The third-order valence-corrected chi connectivity index (χ3v) is 4.97. The number of nitrogens with zero attached hydrogens (tertiary/aromatic N) is 2. The zero-order valence-electron chi connectivity index (χ0n) is 11.9. The second kappa shape index (κ2) is 6.49. The predicted octanol–water partition coefficient (Wildman–Crippen LogP) is 3.43. The molecule has 4 nitrogen and oxygen atoms in total. The van der Waals surface area contributed by atoms with Crippen molar-refractivity contribution in [2.24, 2.45) is 5.10 Å². The fourth-order valence-corrected chi connectivity index (χ4v) is 3.62. The number of hydrogen-bond acceptors (Lipinski definition) is 4. The number of thiazole rings is 1. The molecule has 1 heterocycles. The van der Waals surface area contributed by atoms with Crippen LogP contribution in [0.15, 0.2) is 29.4 Å². The normalized spacial score (nSPS) is 16.3. The highest BCUT2D eigenvalue weighted by molar-refractivity contribution is 7.80.